The number of rotatable bonds is 6. The minimum atomic E-state index is -1.26. The fourth-order valence-electron chi connectivity index (χ4n) is 2.61. The lowest BCUT2D eigenvalue weighted by Gasteiger charge is -2.40. The van der Waals surface area contributed by atoms with E-state index in [4.69, 9.17) is 5.11 Å². The normalized spacial score (nSPS) is 17.1. The summed E-state index contributed by atoms with van der Waals surface area (Å²) in [5.74, 6) is -0.797. The van der Waals surface area contributed by atoms with E-state index in [1.165, 1.54) is 0 Å². The number of hydrogen-bond acceptors (Lipinski definition) is 2. The van der Waals surface area contributed by atoms with Crippen LogP contribution in [0.15, 0.2) is 0 Å². The zero-order valence-corrected chi connectivity index (χ0v) is 13.6. The summed E-state index contributed by atoms with van der Waals surface area (Å²) in [7, 11) is -1.26. The lowest BCUT2D eigenvalue weighted by atomic mass is 9.71. The molecule has 0 aromatic heterocycles. The van der Waals surface area contributed by atoms with Gasteiger partial charge in [0.05, 0.1) is 6.42 Å². The van der Waals surface area contributed by atoms with E-state index < -0.39 is 21.4 Å². The van der Waals surface area contributed by atoms with E-state index >= 15 is 0 Å². The molecule has 0 saturated carbocycles. The lowest BCUT2D eigenvalue weighted by molar-refractivity contribution is -0.140. The maximum absolute atomic E-state index is 12.6. The predicted octanol–water partition coefficient (Wildman–Crippen LogP) is 3.51. The van der Waals surface area contributed by atoms with Crippen molar-refractivity contribution in [3.63, 3.8) is 0 Å². The lowest BCUT2D eigenvalue weighted by Crippen LogP contribution is -2.36. The molecule has 0 saturated heterocycles. The Bertz CT molecular complexity index is 328. The van der Waals surface area contributed by atoms with Crippen molar-refractivity contribution in [3.8, 4) is 0 Å². The van der Waals surface area contributed by atoms with Crippen molar-refractivity contribution in [2.75, 3.05) is 18.8 Å². The van der Waals surface area contributed by atoms with Gasteiger partial charge in [-0.2, -0.15) is 10.0 Å². The van der Waals surface area contributed by atoms with Crippen LogP contribution in [0.1, 0.15) is 47.0 Å². The van der Waals surface area contributed by atoms with Crippen molar-refractivity contribution in [2.24, 2.45) is 10.8 Å². The average molecular weight is 276 g/mol. The first kappa shape index (κ1) is 17.5. The molecule has 1 N–H and O–H groups in total. The molecule has 0 heterocycles. The number of carboxylic acids is 1. The average Bonchev–Trinajstić information content (AvgIpc) is 2.11. The summed E-state index contributed by atoms with van der Waals surface area (Å²) in [4.78, 5) is 23.4. The predicted molar refractivity (Wildman–Crippen MR) is 79.4 cm³/mol. The summed E-state index contributed by atoms with van der Waals surface area (Å²) in [6.07, 6.45) is 7.52. The van der Waals surface area contributed by atoms with Crippen molar-refractivity contribution in [1.82, 2.24) is 0 Å². The third-order valence-electron chi connectivity index (χ3n) is 3.33. The van der Waals surface area contributed by atoms with E-state index in [2.05, 4.69) is 0 Å². The van der Waals surface area contributed by atoms with Crippen LogP contribution in [0.5, 0.6) is 0 Å². The van der Waals surface area contributed by atoms with Gasteiger partial charge in [0.25, 0.3) is 0 Å². The summed E-state index contributed by atoms with van der Waals surface area (Å²) < 4.78 is 0. The zero-order valence-electron chi connectivity index (χ0n) is 12.8. The second kappa shape index (κ2) is 5.64. The topological polar surface area (TPSA) is 54.4 Å². The molecule has 0 radical (unpaired) electrons. The van der Waals surface area contributed by atoms with E-state index in [9.17, 15) is 9.59 Å². The molecule has 0 spiro atoms. The molecule has 0 aliphatic rings. The van der Waals surface area contributed by atoms with Crippen LogP contribution in [0.2, 0.25) is 0 Å². The highest BCUT2D eigenvalue weighted by Crippen LogP contribution is 2.50. The first-order valence-corrected chi connectivity index (χ1v) is 9.14. The second-order valence-electron chi connectivity index (χ2n) is 6.95. The largest absolute Gasteiger partial charge is 0.481 e. The SMILES string of the molecule is CCC(C)(CC(C)(C)CC(=O)O)C(=O)S(C)(C)C. The minimum absolute atomic E-state index is 0.106. The van der Waals surface area contributed by atoms with E-state index in [-0.39, 0.29) is 11.8 Å². The van der Waals surface area contributed by atoms with Crippen molar-refractivity contribution in [2.45, 2.75) is 47.0 Å². The Hall–Kier alpha value is -0.510. The van der Waals surface area contributed by atoms with Crippen LogP contribution in [0.3, 0.4) is 0 Å². The van der Waals surface area contributed by atoms with Gasteiger partial charge in [0, 0.05) is 5.41 Å². The first-order valence-electron chi connectivity index (χ1n) is 6.29. The van der Waals surface area contributed by atoms with E-state index in [1.807, 2.05) is 46.5 Å². The first-order chi connectivity index (χ1) is 7.84. The quantitative estimate of drug-likeness (QED) is 0.807. The van der Waals surface area contributed by atoms with Crippen LogP contribution < -0.4 is 0 Å². The molecular formula is C14H28O3S. The summed E-state index contributed by atoms with van der Waals surface area (Å²) >= 11 is 0. The number of aliphatic carboxylic acids is 1. The molecule has 0 bridgehead atoms. The molecule has 0 amide bonds. The van der Waals surface area contributed by atoms with Crippen molar-refractivity contribution in [1.29, 1.82) is 0 Å². The van der Waals surface area contributed by atoms with Crippen LogP contribution in [0.4, 0.5) is 0 Å². The van der Waals surface area contributed by atoms with Crippen molar-refractivity contribution in [3.05, 3.63) is 0 Å². The van der Waals surface area contributed by atoms with Gasteiger partial charge in [-0.15, -0.1) is 0 Å². The summed E-state index contributed by atoms with van der Waals surface area (Å²) in [6.45, 7) is 7.86. The van der Waals surface area contributed by atoms with Crippen LogP contribution >= 0.6 is 10.0 Å². The summed E-state index contributed by atoms with van der Waals surface area (Å²) in [5, 5.41) is 9.24. The van der Waals surface area contributed by atoms with Gasteiger partial charge in [-0.25, -0.2) is 0 Å². The molecule has 3 nitrogen and oxygen atoms in total. The molecule has 0 aromatic carbocycles. The van der Waals surface area contributed by atoms with E-state index in [0.717, 1.165) is 6.42 Å². The number of carbonyl (C=O) groups excluding carboxylic acids is 1. The van der Waals surface area contributed by atoms with Gasteiger partial charge in [-0.1, -0.05) is 27.7 Å². The van der Waals surface area contributed by atoms with Gasteiger partial charge in [-0.05, 0) is 37.0 Å². The van der Waals surface area contributed by atoms with Gasteiger partial charge in [0.2, 0.25) is 0 Å². The number of hydrogen-bond donors (Lipinski definition) is 1. The van der Waals surface area contributed by atoms with E-state index in [0.29, 0.717) is 11.5 Å². The van der Waals surface area contributed by atoms with Gasteiger partial charge >= 0.3 is 5.97 Å². The molecule has 0 rings (SSSR count). The highest BCUT2D eigenvalue weighted by molar-refractivity contribution is 8.43. The van der Waals surface area contributed by atoms with Crippen LogP contribution in [0, 0.1) is 10.8 Å². The Balaban J connectivity index is 5.09. The van der Waals surface area contributed by atoms with Gasteiger partial charge in [0.15, 0.2) is 5.12 Å². The third kappa shape index (κ3) is 5.01. The Morgan fingerprint density at radius 1 is 1.11 bits per heavy atom. The van der Waals surface area contributed by atoms with Gasteiger partial charge in [0.1, 0.15) is 0 Å². The number of carboxylic acid groups (broad SMARTS) is 1. The highest BCUT2D eigenvalue weighted by atomic mass is 32.3. The third-order valence-corrected chi connectivity index (χ3v) is 4.93. The zero-order chi connectivity index (χ0) is 14.8. The van der Waals surface area contributed by atoms with Gasteiger partial charge < -0.3 is 5.11 Å². The van der Waals surface area contributed by atoms with Crippen LogP contribution in [-0.2, 0) is 9.59 Å². The molecular weight excluding hydrogens is 248 g/mol. The standard InChI is InChI=1S/C14H28O3S/c1-8-14(4,12(17)18(5,6)7)10-13(2,3)9-11(15)16/h8-10H2,1-7H3,(H,15,16). The van der Waals surface area contributed by atoms with Crippen LogP contribution in [-0.4, -0.2) is 35.0 Å². The molecule has 18 heavy (non-hydrogen) atoms. The molecule has 4 heteroatoms. The molecule has 0 aromatic rings. The second-order valence-corrected chi connectivity index (χ2v) is 11.0. The molecule has 1 atom stereocenters. The van der Waals surface area contributed by atoms with Gasteiger partial charge in [-0.3, -0.25) is 9.59 Å². The maximum Gasteiger partial charge on any atom is 0.303 e. The number of carbonyl (C=O) groups is 2. The molecule has 0 fully saturated rings. The Kier molecular flexibility index (Phi) is 5.48. The Morgan fingerprint density at radius 2 is 1.56 bits per heavy atom. The molecule has 0 aliphatic carbocycles. The van der Waals surface area contributed by atoms with E-state index in [1.54, 1.807) is 0 Å². The van der Waals surface area contributed by atoms with Crippen LogP contribution in [0.25, 0.3) is 0 Å². The summed E-state index contributed by atoms with van der Waals surface area (Å²) in [6, 6.07) is 0. The fraction of sp³-hybridized carbons (Fsp3) is 0.857. The fourth-order valence-corrected chi connectivity index (χ4v) is 4.30. The molecule has 108 valence electrons. The monoisotopic (exact) mass is 276 g/mol. The smallest absolute Gasteiger partial charge is 0.303 e. The maximum atomic E-state index is 12.6. The van der Waals surface area contributed by atoms with Crippen molar-refractivity contribution < 1.29 is 14.7 Å². The molecule has 1 unspecified atom stereocenters. The van der Waals surface area contributed by atoms with Crippen molar-refractivity contribution >= 4 is 21.1 Å². The minimum Gasteiger partial charge on any atom is -0.481 e. The summed E-state index contributed by atoms with van der Waals surface area (Å²) in [5.41, 5.74) is -0.760. The Labute approximate surface area is 113 Å². The Morgan fingerprint density at radius 3 is 1.83 bits per heavy atom. The highest BCUT2D eigenvalue weighted by Gasteiger charge is 2.41. The molecule has 0 aliphatic heterocycles.